The lowest BCUT2D eigenvalue weighted by atomic mass is 9.99. The van der Waals surface area contributed by atoms with E-state index in [1.54, 1.807) is 13.8 Å². The van der Waals surface area contributed by atoms with Gasteiger partial charge < -0.3 is 28.8 Å². The SMILES string of the molecule is CC(=O)O[C@@H]1[C@@H](OC(C)=O)[C@H](C)O[C@H]2OC(C)(OCCCCCCCCCCCCCCCCO)O[C@@H]21. The van der Waals surface area contributed by atoms with Gasteiger partial charge in [0.15, 0.2) is 24.6 Å². The zero-order chi connectivity index (χ0) is 27.1. The van der Waals surface area contributed by atoms with Crippen LogP contribution in [0.3, 0.4) is 0 Å². The molecule has 1 N–H and O–H groups in total. The first-order valence-electron chi connectivity index (χ1n) is 14.4. The maximum absolute atomic E-state index is 11.7. The molecular formula is C28H50O9. The lowest BCUT2D eigenvalue weighted by molar-refractivity contribution is -0.343. The van der Waals surface area contributed by atoms with E-state index in [4.69, 9.17) is 33.5 Å². The first-order valence-corrected chi connectivity index (χ1v) is 14.4. The summed E-state index contributed by atoms with van der Waals surface area (Å²) < 4.78 is 34.5. The highest BCUT2D eigenvalue weighted by Crippen LogP contribution is 2.39. The van der Waals surface area contributed by atoms with E-state index < -0.39 is 48.6 Å². The molecule has 2 aliphatic rings. The Morgan fingerprint density at radius 1 is 0.730 bits per heavy atom. The van der Waals surface area contributed by atoms with Crippen LogP contribution in [0.1, 0.15) is 118 Å². The first-order chi connectivity index (χ1) is 17.8. The Balaban J connectivity index is 1.57. The van der Waals surface area contributed by atoms with E-state index >= 15 is 0 Å². The number of unbranched alkanes of at least 4 members (excludes halogenated alkanes) is 13. The van der Waals surface area contributed by atoms with Crippen LogP contribution < -0.4 is 0 Å². The summed E-state index contributed by atoms with van der Waals surface area (Å²) in [6.45, 7) is 6.83. The molecule has 0 aliphatic carbocycles. The van der Waals surface area contributed by atoms with Crippen LogP contribution in [-0.4, -0.2) is 66.9 Å². The Morgan fingerprint density at radius 2 is 1.19 bits per heavy atom. The van der Waals surface area contributed by atoms with Gasteiger partial charge in [-0.3, -0.25) is 14.3 Å². The monoisotopic (exact) mass is 530 g/mol. The molecule has 2 aliphatic heterocycles. The summed E-state index contributed by atoms with van der Waals surface area (Å²) in [7, 11) is 0. The fraction of sp³-hybridized carbons (Fsp3) is 0.929. The Labute approximate surface area is 222 Å². The Bertz CT molecular complexity index is 658. The molecule has 0 radical (unpaired) electrons. The van der Waals surface area contributed by atoms with Gasteiger partial charge in [0, 0.05) is 27.4 Å². The Kier molecular flexibility index (Phi) is 15.0. The van der Waals surface area contributed by atoms with E-state index in [2.05, 4.69) is 0 Å². The van der Waals surface area contributed by atoms with Crippen LogP contribution in [0.4, 0.5) is 0 Å². The molecule has 9 heteroatoms. The van der Waals surface area contributed by atoms with Crippen molar-refractivity contribution in [3.8, 4) is 0 Å². The van der Waals surface area contributed by atoms with Crippen molar-refractivity contribution < 1.29 is 43.1 Å². The molecule has 2 rings (SSSR count). The van der Waals surface area contributed by atoms with Crippen molar-refractivity contribution in [2.24, 2.45) is 0 Å². The summed E-state index contributed by atoms with van der Waals surface area (Å²) in [6, 6.07) is 0. The molecule has 1 unspecified atom stereocenters. The number of ether oxygens (including phenoxy) is 6. The van der Waals surface area contributed by atoms with Crippen LogP contribution in [0.5, 0.6) is 0 Å². The van der Waals surface area contributed by atoms with Gasteiger partial charge in [-0.2, -0.15) is 0 Å². The summed E-state index contributed by atoms with van der Waals surface area (Å²) in [5.74, 6) is -2.31. The van der Waals surface area contributed by atoms with Gasteiger partial charge in [-0.25, -0.2) is 0 Å². The van der Waals surface area contributed by atoms with Crippen LogP contribution in [-0.2, 0) is 38.0 Å². The number of carbonyl (C=O) groups is 2. The quantitative estimate of drug-likeness (QED) is 0.179. The number of aliphatic hydroxyl groups excluding tert-OH is 1. The molecule has 0 amide bonds. The highest BCUT2D eigenvalue weighted by Gasteiger charge is 2.58. The molecule has 0 bridgehead atoms. The molecule has 216 valence electrons. The summed E-state index contributed by atoms with van der Waals surface area (Å²) in [4.78, 5) is 23.3. The van der Waals surface area contributed by atoms with Gasteiger partial charge in [0.25, 0.3) is 5.97 Å². The van der Waals surface area contributed by atoms with Gasteiger partial charge in [0.05, 0.1) is 12.7 Å². The van der Waals surface area contributed by atoms with Crippen molar-refractivity contribution in [1.29, 1.82) is 0 Å². The van der Waals surface area contributed by atoms with Crippen molar-refractivity contribution in [2.45, 2.75) is 154 Å². The fourth-order valence-electron chi connectivity index (χ4n) is 5.02. The van der Waals surface area contributed by atoms with Gasteiger partial charge in [-0.15, -0.1) is 0 Å². The Hall–Kier alpha value is -1.26. The van der Waals surface area contributed by atoms with Crippen LogP contribution in [0.2, 0.25) is 0 Å². The topological polar surface area (TPSA) is 110 Å². The minimum absolute atomic E-state index is 0.324. The highest BCUT2D eigenvalue weighted by atomic mass is 16.9. The van der Waals surface area contributed by atoms with E-state index in [0.29, 0.717) is 13.2 Å². The molecule has 9 nitrogen and oxygen atoms in total. The van der Waals surface area contributed by atoms with Gasteiger partial charge in [0.2, 0.25) is 0 Å². The van der Waals surface area contributed by atoms with Crippen LogP contribution >= 0.6 is 0 Å². The smallest absolute Gasteiger partial charge is 0.303 e. The largest absolute Gasteiger partial charge is 0.456 e. The Morgan fingerprint density at radius 3 is 1.68 bits per heavy atom. The lowest BCUT2D eigenvalue weighted by Gasteiger charge is -2.39. The molecule has 0 spiro atoms. The number of hydrogen-bond acceptors (Lipinski definition) is 9. The second kappa shape index (κ2) is 17.4. The maximum atomic E-state index is 11.7. The third-order valence-electron chi connectivity index (χ3n) is 6.93. The van der Waals surface area contributed by atoms with Gasteiger partial charge in [0.1, 0.15) is 0 Å². The maximum Gasteiger partial charge on any atom is 0.303 e. The average Bonchev–Trinajstić information content (AvgIpc) is 3.16. The predicted molar refractivity (Wildman–Crippen MR) is 137 cm³/mol. The zero-order valence-corrected chi connectivity index (χ0v) is 23.4. The second-order valence-electron chi connectivity index (χ2n) is 10.4. The number of rotatable bonds is 19. The average molecular weight is 531 g/mol. The number of fused-ring (bicyclic) bond motifs is 1. The molecule has 6 atom stereocenters. The van der Waals surface area contributed by atoms with E-state index in [1.807, 2.05) is 0 Å². The molecule has 2 fully saturated rings. The standard InChI is InChI=1S/C28H50O9/c1-21-24(34-22(2)30)25(35-23(3)31)26-27(33-21)37-28(4,36-26)32-20-18-16-14-12-10-8-6-5-7-9-11-13-15-17-19-29/h21,24-27,29H,5-20H2,1-4H3/t21-,24-,25+,26+,27-,28?/m0/s1. The lowest BCUT2D eigenvalue weighted by Crippen LogP contribution is -2.58. The van der Waals surface area contributed by atoms with E-state index in [-0.39, 0.29) is 0 Å². The zero-order valence-electron chi connectivity index (χ0n) is 23.4. The van der Waals surface area contributed by atoms with Crippen molar-refractivity contribution >= 4 is 11.9 Å². The van der Waals surface area contributed by atoms with Crippen LogP contribution in [0.15, 0.2) is 0 Å². The van der Waals surface area contributed by atoms with Crippen molar-refractivity contribution in [3.05, 3.63) is 0 Å². The van der Waals surface area contributed by atoms with E-state index in [0.717, 1.165) is 25.7 Å². The van der Waals surface area contributed by atoms with E-state index in [1.165, 1.54) is 78.1 Å². The van der Waals surface area contributed by atoms with Crippen LogP contribution in [0.25, 0.3) is 0 Å². The normalized spacial score (nSPS) is 29.2. The number of esters is 2. The molecule has 2 heterocycles. The minimum atomic E-state index is -1.32. The summed E-state index contributed by atoms with van der Waals surface area (Å²) in [6.07, 6.45) is 13.2. The summed E-state index contributed by atoms with van der Waals surface area (Å²) in [5.41, 5.74) is 0. The molecule has 0 saturated carbocycles. The highest BCUT2D eigenvalue weighted by molar-refractivity contribution is 5.67. The van der Waals surface area contributed by atoms with Crippen molar-refractivity contribution in [3.63, 3.8) is 0 Å². The summed E-state index contributed by atoms with van der Waals surface area (Å²) >= 11 is 0. The fourth-order valence-corrected chi connectivity index (χ4v) is 5.02. The third-order valence-corrected chi connectivity index (χ3v) is 6.93. The molecule has 2 saturated heterocycles. The first kappa shape index (κ1) is 32.0. The number of aliphatic hydroxyl groups is 1. The molecular weight excluding hydrogens is 480 g/mol. The van der Waals surface area contributed by atoms with Crippen LogP contribution in [0, 0.1) is 0 Å². The van der Waals surface area contributed by atoms with Crippen molar-refractivity contribution in [2.75, 3.05) is 13.2 Å². The molecule has 37 heavy (non-hydrogen) atoms. The minimum Gasteiger partial charge on any atom is -0.456 e. The molecule has 0 aromatic rings. The van der Waals surface area contributed by atoms with Gasteiger partial charge in [-0.1, -0.05) is 77.0 Å². The van der Waals surface area contributed by atoms with E-state index in [9.17, 15) is 9.59 Å². The predicted octanol–water partition coefficient (Wildman–Crippen LogP) is 5.15. The summed E-state index contributed by atoms with van der Waals surface area (Å²) in [5, 5.41) is 8.78. The van der Waals surface area contributed by atoms with Crippen molar-refractivity contribution in [1.82, 2.24) is 0 Å². The van der Waals surface area contributed by atoms with Gasteiger partial charge in [-0.05, 0) is 19.8 Å². The second-order valence-corrected chi connectivity index (χ2v) is 10.4. The third kappa shape index (κ3) is 12.0. The number of hydrogen-bond donors (Lipinski definition) is 1. The molecule has 0 aromatic carbocycles. The van der Waals surface area contributed by atoms with Gasteiger partial charge >= 0.3 is 11.9 Å². The number of carbonyl (C=O) groups excluding carboxylic acids is 2. The molecule has 0 aromatic heterocycles.